The maximum Gasteiger partial charge on any atom is 0.238 e. The first-order chi connectivity index (χ1) is 11.6. The van der Waals surface area contributed by atoms with Crippen LogP contribution < -0.4 is 20.7 Å². The number of piperidine rings is 1. The lowest BCUT2D eigenvalue weighted by molar-refractivity contribution is -0.126. The number of hydrazine groups is 1. The number of nitrogens with one attached hydrogen (secondary N) is 1. The van der Waals surface area contributed by atoms with Crippen molar-refractivity contribution in [1.82, 2.24) is 10.3 Å². The zero-order chi connectivity index (χ0) is 17.5. The van der Waals surface area contributed by atoms with Crippen LogP contribution in [0.1, 0.15) is 38.7 Å². The zero-order valence-corrected chi connectivity index (χ0v) is 14.9. The average Bonchev–Trinajstić information content (AvgIpc) is 2.62. The van der Waals surface area contributed by atoms with Crippen LogP contribution in [-0.4, -0.2) is 37.1 Å². The average molecular weight is 335 g/mol. The minimum absolute atomic E-state index is 0.0290. The molecular formula is C18H29N3O3. The van der Waals surface area contributed by atoms with Crippen molar-refractivity contribution in [3.8, 4) is 11.5 Å². The highest BCUT2D eigenvalue weighted by molar-refractivity contribution is 5.78. The Balaban J connectivity index is 2.03. The first-order valence-electron chi connectivity index (χ1n) is 8.63. The van der Waals surface area contributed by atoms with E-state index in [1.165, 1.54) is 0 Å². The number of benzene rings is 1. The summed E-state index contributed by atoms with van der Waals surface area (Å²) in [5, 5.41) is 0. The molecule has 24 heavy (non-hydrogen) atoms. The standard InChI is InChI=1S/C18H29N3O3/c1-4-13(2)24-16-8-7-14(10-17(16)23-3)11-21-9-5-6-15(12-21)18(22)20-19/h7-8,10,13,15H,4-6,9,11-12,19H2,1-3H3,(H,20,22). The van der Waals surface area contributed by atoms with E-state index >= 15 is 0 Å². The maximum atomic E-state index is 11.7. The van der Waals surface area contributed by atoms with Crippen molar-refractivity contribution in [3.05, 3.63) is 23.8 Å². The van der Waals surface area contributed by atoms with Gasteiger partial charge >= 0.3 is 0 Å². The Labute approximate surface area is 144 Å². The number of methoxy groups -OCH3 is 1. The first-order valence-corrected chi connectivity index (χ1v) is 8.63. The summed E-state index contributed by atoms with van der Waals surface area (Å²) < 4.78 is 11.4. The number of amides is 1. The molecule has 1 aliphatic heterocycles. The normalized spacial score (nSPS) is 19.6. The van der Waals surface area contributed by atoms with Crippen LogP contribution in [0, 0.1) is 5.92 Å². The van der Waals surface area contributed by atoms with Crippen LogP contribution in [0.5, 0.6) is 11.5 Å². The lowest BCUT2D eigenvalue weighted by Crippen LogP contribution is -2.44. The molecule has 3 N–H and O–H groups in total. The number of nitrogens with zero attached hydrogens (tertiary/aromatic N) is 1. The number of ether oxygens (including phenoxy) is 2. The molecule has 1 amide bonds. The second kappa shape index (κ2) is 8.89. The summed E-state index contributed by atoms with van der Waals surface area (Å²) in [5.41, 5.74) is 3.42. The van der Waals surface area contributed by atoms with Gasteiger partial charge in [-0.2, -0.15) is 0 Å². The number of likely N-dealkylation sites (tertiary alicyclic amines) is 1. The number of hydrogen-bond acceptors (Lipinski definition) is 5. The molecule has 0 aromatic heterocycles. The van der Waals surface area contributed by atoms with Gasteiger partial charge in [0.15, 0.2) is 11.5 Å². The van der Waals surface area contributed by atoms with Crippen LogP contribution >= 0.6 is 0 Å². The fraction of sp³-hybridized carbons (Fsp3) is 0.611. The number of rotatable bonds is 7. The van der Waals surface area contributed by atoms with E-state index in [0.29, 0.717) is 0 Å². The Kier molecular flexibility index (Phi) is 6.87. The van der Waals surface area contributed by atoms with Gasteiger partial charge in [0, 0.05) is 13.1 Å². The number of nitrogens with two attached hydrogens (primary N) is 1. The second-order valence-corrected chi connectivity index (χ2v) is 6.40. The number of carbonyl (C=O) groups is 1. The Morgan fingerprint density at radius 3 is 2.92 bits per heavy atom. The highest BCUT2D eigenvalue weighted by atomic mass is 16.5. The first kappa shape index (κ1) is 18.5. The molecule has 0 radical (unpaired) electrons. The third-order valence-corrected chi connectivity index (χ3v) is 4.56. The molecular weight excluding hydrogens is 306 g/mol. The van der Waals surface area contributed by atoms with Gasteiger partial charge in [0.2, 0.25) is 5.91 Å². The molecule has 6 heteroatoms. The molecule has 1 aromatic carbocycles. The van der Waals surface area contributed by atoms with E-state index in [0.717, 1.165) is 56.0 Å². The number of hydrogen-bond donors (Lipinski definition) is 2. The van der Waals surface area contributed by atoms with Gasteiger partial charge in [-0.25, -0.2) is 5.84 Å². The molecule has 0 aliphatic carbocycles. The minimum atomic E-state index is -0.0745. The van der Waals surface area contributed by atoms with Crippen molar-refractivity contribution in [2.45, 2.75) is 45.8 Å². The topological polar surface area (TPSA) is 76.8 Å². The number of carbonyl (C=O) groups excluding carboxylic acids is 1. The smallest absolute Gasteiger partial charge is 0.238 e. The molecule has 0 saturated carbocycles. The van der Waals surface area contributed by atoms with Crippen molar-refractivity contribution >= 4 is 5.91 Å². The highest BCUT2D eigenvalue weighted by Crippen LogP contribution is 2.30. The summed E-state index contributed by atoms with van der Waals surface area (Å²) in [5.74, 6) is 6.68. The summed E-state index contributed by atoms with van der Waals surface area (Å²) >= 11 is 0. The van der Waals surface area contributed by atoms with E-state index in [-0.39, 0.29) is 17.9 Å². The van der Waals surface area contributed by atoms with Crippen LogP contribution in [-0.2, 0) is 11.3 Å². The SMILES string of the molecule is CCC(C)Oc1ccc(CN2CCCC(C(=O)NN)C2)cc1OC. The highest BCUT2D eigenvalue weighted by Gasteiger charge is 2.25. The van der Waals surface area contributed by atoms with Gasteiger partial charge in [-0.1, -0.05) is 13.0 Å². The molecule has 2 rings (SSSR count). The van der Waals surface area contributed by atoms with Crippen molar-refractivity contribution in [1.29, 1.82) is 0 Å². The Hall–Kier alpha value is -1.79. The van der Waals surface area contributed by atoms with Crippen molar-refractivity contribution < 1.29 is 14.3 Å². The summed E-state index contributed by atoms with van der Waals surface area (Å²) in [6.45, 7) is 6.64. The Morgan fingerprint density at radius 2 is 2.25 bits per heavy atom. The fourth-order valence-corrected chi connectivity index (χ4v) is 3.00. The van der Waals surface area contributed by atoms with Gasteiger partial charge in [-0.3, -0.25) is 15.1 Å². The van der Waals surface area contributed by atoms with Crippen LogP contribution in [0.3, 0.4) is 0 Å². The van der Waals surface area contributed by atoms with E-state index < -0.39 is 0 Å². The third kappa shape index (κ3) is 4.85. The minimum Gasteiger partial charge on any atom is -0.493 e. The molecule has 1 aliphatic rings. The predicted molar refractivity (Wildman–Crippen MR) is 93.7 cm³/mol. The molecule has 0 bridgehead atoms. The second-order valence-electron chi connectivity index (χ2n) is 6.40. The quantitative estimate of drug-likeness (QED) is 0.453. The zero-order valence-electron chi connectivity index (χ0n) is 14.9. The summed E-state index contributed by atoms with van der Waals surface area (Å²) in [7, 11) is 1.66. The third-order valence-electron chi connectivity index (χ3n) is 4.56. The van der Waals surface area contributed by atoms with Crippen LogP contribution in [0.25, 0.3) is 0 Å². The van der Waals surface area contributed by atoms with Crippen LogP contribution in [0.15, 0.2) is 18.2 Å². The van der Waals surface area contributed by atoms with E-state index in [1.807, 2.05) is 19.1 Å². The molecule has 6 nitrogen and oxygen atoms in total. The maximum absolute atomic E-state index is 11.7. The summed E-state index contributed by atoms with van der Waals surface area (Å²) in [6.07, 6.45) is 3.00. The van der Waals surface area contributed by atoms with Gasteiger partial charge in [0.25, 0.3) is 0 Å². The van der Waals surface area contributed by atoms with Gasteiger partial charge in [-0.05, 0) is 50.4 Å². The molecule has 134 valence electrons. The van der Waals surface area contributed by atoms with E-state index in [1.54, 1.807) is 7.11 Å². The Bertz CT molecular complexity index is 550. The van der Waals surface area contributed by atoms with Gasteiger partial charge in [0.05, 0.1) is 19.1 Å². The summed E-state index contributed by atoms with van der Waals surface area (Å²) in [4.78, 5) is 14.0. The Morgan fingerprint density at radius 1 is 1.46 bits per heavy atom. The van der Waals surface area contributed by atoms with Crippen molar-refractivity contribution in [3.63, 3.8) is 0 Å². The molecule has 1 saturated heterocycles. The predicted octanol–water partition coefficient (Wildman–Crippen LogP) is 2.07. The molecule has 2 atom stereocenters. The van der Waals surface area contributed by atoms with Gasteiger partial charge < -0.3 is 9.47 Å². The van der Waals surface area contributed by atoms with Gasteiger partial charge in [0.1, 0.15) is 0 Å². The lowest BCUT2D eigenvalue weighted by Gasteiger charge is -2.31. The van der Waals surface area contributed by atoms with E-state index in [9.17, 15) is 4.79 Å². The van der Waals surface area contributed by atoms with Crippen molar-refractivity contribution in [2.75, 3.05) is 20.2 Å². The van der Waals surface area contributed by atoms with Crippen molar-refractivity contribution in [2.24, 2.45) is 11.8 Å². The van der Waals surface area contributed by atoms with Crippen LogP contribution in [0.4, 0.5) is 0 Å². The molecule has 1 heterocycles. The monoisotopic (exact) mass is 335 g/mol. The van der Waals surface area contributed by atoms with Crippen LogP contribution in [0.2, 0.25) is 0 Å². The molecule has 1 aromatic rings. The summed E-state index contributed by atoms with van der Waals surface area (Å²) in [6, 6.07) is 6.05. The lowest BCUT2D eigenvalue weighted by atomic mass is 9.97. The molecule has 2 unspecified atom stereocenters. The van der Waals surface area contributed by atoms with E-state index in [2.05, 4.69) is 23.3 Å². The largest absolute Gasteiger partial charge is 0.493 e. The molecule has 0 spiro atoms. The van der Waals surface area contributed by atoms with E-state index in [4.69, 9.17) is 15.3 Å². The fourth-order valence-electron chi connectivity index (χ4n) is 3.00. The molecule has 1 fully saturated rings. The van der Waals surface area contributed by atoms with Gasteiger partial charge in [-0.15, -0.1) is 0 Å².